The second-order valence-electron chi connectivity index (χ2n) is 4.90. The molecular formula is C15H14F2N2O3S. The third kappa shape index (κ3) is 3.72. The molecule has 23 heavy (non-hydrogen) atoms. The van der Waals surface area contributed by atoms with E-state index in [0.717, 1.165) is 6.07 Å². The zero-order valence-corrected chi connectivity index (χ0v) is 12.9. The molecule has 0 heterocycles. The van der Waals surface area contributed by atoms with Gasteiger partial charge >= 0.3 is 0 Å². The number of halogens is 2. The van der Waals surface area contributed by atoms with Crippen LogP contribution < -0.4 is 10.5 Å². The fourth-order valence-electron chi connectivity index (χ4n) is 1.99. The molecule has 0 aliphatic heterocycles. The van der Waals surface area contributed by atoms with E-state index < -0.39 is 38.5 Å². The van der Waals surface area contributed by atoms with Gasteiger partial charge in [-0.3, -0.25) is 4.79 Å². The number of hydrogen-bond acceptors (Lipinski definition) is 3. The third-order valence-electron chi connectivity index (χ3n) is 3.19. The predicted octanol–water partition coefficient (Wildman–Crippen LogP) is 1.78. The van der Waals surface area contributed by atoms with Gasteiger partial charge in [-0.15, -0.1) is 0 Å². The van der Waals surface area contributed by atoms with Crippen LogP contribution in [0.15, 0.2) is 47.4 Å². The van der Waals surface area contributed by atoms with E-state index in [1.165, 1.54) is 19.1 Å². The van der Waals surface area contributed by atoms with Crippen LogP contribution in [0.25, 0.3) is 0 Å². The number of nitrogens with one attached hydrogen (secondary N) is 1. The van der Waals surface area contributed by atoms with E-state index in [0.29, 0.717) is 11.6 Å². The van der Waals surface area contributed by atoms with Crippen LogP contribution in [0, 0.1) is 18.6 Å². The zero-order valence-electron chi connectivity index (χ0n) is 12.1. The minimum Gasteiger partial charge on any atom is -0.368 e. The Labute approximate surface area is 132 Å². The highest BCUT2D eigenvalue weighted by Crippen LogP contribution is 2.22. The number of amides is 1. The fourth-order valence-corrected chi connectivity index (χ4v) is 3.33. The van der Waals surface area contributed by atoms with Crippen LogP contribution in [0.5, 0.6) is 0 Å². The van der Waals surface area contributed by atoms with Gasteiger partial charge in [0.25, 0.3) is 0 Å². The summed E-state index contributed by atoms with van der Waals surface area (Å²) in [6, 6.07) is 7.85. The molecule has 0 radical (unpaired) electrons. The van der Waals surface area contributed by atoms with Gasteiger partial charge in [-0.25, -0.2) is 17.2 Å². The number of carbonyl (C=O) groups excluding carboxylic acids is 1. The molecule has 0 aromatic heterocycles. The van der Waals surface area contributed by atoms with E-state index in [1.54, 1.807) is 18.2 Å². The van der Waals surface area contributed by atoms with Gasteiger partial charge in [0.1, 0.15) is 22.6 Å². The Hall–Kier alpha value is -2.32. The molecule has 1 amide bonds. The molecule has 0 aliphatic carbocycles. The maximum atomic E-state index is 13.8. The molecule has 3 N–H and O–H groups in total. The second kappa shape index (κ2) is 6.43. The van der Waals surface area contributed by atoms with Crippen LogP contribution in [0.1, 0.15) is 17.2 Å². The van der Waals surface area contributed by atoms with Crippen molar-refractivity contribution in [3.63, 3.8) is 0 Å². The van der Waals surface area contributed by atoms with Crippen molar-refractivity contribution in [2.45, 2.75) is 17.9 Å². The van der Waals surface area contributed by atoms with Crippen molar-refractivity contribution in [1.82, 2.24) is 4.72 Å². The number of carbonyl (C=O) groups is 1. The van der Waals surface area contributed by atoms with Gasteiger partial charge in [-0.2, -0.15) is 4.72 Å². The van der Waals surface area contributed by atoms with E-state index in [-0.39, 0.29) is 5.56 Å². The molecule has 8 heteroatoms. The van der Waals surface area contributed by atoms with Gasteiger partial charge in [0, 0.05) is 6.07 Å². The first-order valence-corrected chi connectivity index (χ1v) is 8.03. The summed E-state index contributed by atoms with van der Waals surface area (Å²) in [5.74, 6) is -3.06. The van der Waals surface area contributed by atoms with Crippen LogP contribution in [-0.2, 0) is 14.8 Å². The molecule has 0 fully saturated rings. The van der Waals surface area contributed by atoms with Gasteiger partial charge < -0.3 is 5.73 Å². The Morgan fingerprint density at radius 1 is 1.13 bits per heavy atom. The normalized spacial score (nSPS) is 12.8. The molecular weight excluding hydrogens is 326 g/mol. The van der Waals surface area contributed by atoms with Gasteiger partial charge in [-0.1, -0.05) is 30.3 Å². The highest BCUT2D eigenvalue weighted by molar-refractivity contribution is 7.89. The molecule has 0 saturated heterocycles. The lowest BCUT2D eigenvalue weighted by Crippen LogP contribution is -2.37. The number of primary amides is 1. The van der Waals surface area contributed by atoms with E-state index in [9.17, 15) is 22.0 Å². The summed E-state index contributed by atoms with van der Waals surface area (Å²) in [6.07, 6.45) is 0. The maximum absolute atomic E-state index is 13.8. The summed E-state index contributed by atoms with van der Waals surface area (Å²) in [5.41, 5.74) is 5.49. The molecule has 1 unspecified atom stereocenters. The lowest BCUT2D eigenvalue weighted by Gasteiger charge is -2.16. The number of rotatable bonds is 5. The minimum atomic E-state index is -4.42. The molecule has 0 spiro atoms. The average Bonchev–Trinajstić information content (AvgIpc) is 2.49. The summed E-state index contributed by atoms with van der Waals surface area (Å²) in [7, 11) is -4.42. The average molecular weight is 340 g/mol. The first-order valence-electron chi connectivity index (χ1n) is 6.54. The largest absolute Gasteiger partial charge is 0.368 e. The van der Waals surface area contributed by atoms with Crippen molar-refractivity contribution in [3.8, 4) is 0 Å². The lowest BCUT2D eigenvalue weighted by atomic mass is 10.1. The molecule has 2 aromatic carbocycles. The van der Waals surface area contributed by atoms with Crippen molar-refractivity contribution in [1.29, 1.82) is 0 Å². The summed E-state index contributed by atoms with van der Waals surface area (Å²) in [4.78, 5) is 10.8. The number of sulfonamides is 1. The minimum absolute atomic E-state index is 0.0397. The zero-order chi connectivity index (χ0) is 17.2. The molecule has 1 atom stereocenters. The molecule has 122 valence electrons. The molecule has 5 nitrogen and oxygen atoms in total. The smallest absolute Gasteiger partial charge is 0.244 e. The van der Waals surface area contributed by atoms with Gasteiger partial charge in [-0.05, 0) is 24.1 Å². The highest BCUT2D eigenvalue weighted by Gasteiger charge is 2.28. The van der Waals surface area contributed by atoms with Crippen molar-refractivity contribution in [3.05, 3.63) is 65.2 Å². The van der Waals surface area contributed by atoms with Crippen molar-refractivity contribution >= 4 is 15.9 Å². The van der Waals surface area contributed by atoms with Crippen LogP contribution in [-0.4, -0.2) is 14.3 Å². The maximum Gasteiger partial charge on any atom is 0.244 e. The second-order valence-corrected chi connectivity index (χ2v) is 6.58. The third-order valence-corrected chi connectivity index (χ3v) is 4.63. The molecule has 2 rings (SSSR count). The van der Waals surface area contributed by atoms with E-state index in [1.807, 2.05) is 4.72 Å². The quantitative estimate of drug-likeness (QED) is 0.869. The molecule has 0 aliphatic rings. The van der Waals surface area contributed by atoms with Crippen molar-refractivity contribution in [2.75, 3.05) is 0 Å². The lowest BCUT2D eigenvalue weighted by molar-refractivity contribution is -0.119. The highest BCUT2D eigenvalue weighted by atomic mass is 32.2. The number of aryl methyl sites for hydroxylation is 1. The van der Waals surface area contributed by atoms with Gasteiger partial charge in [0.05, 0.1) is 0 Å². The summed E-state index contributed by atoms with van der Waals surface area (Å²) < 4.78 is 53.8. The number of benzene rings is 2. The van der Waals surface area contributed by atoms with Crippen LogP contribution in [0.2, 0.25) is 0 Å². The standard InChI is InChI=1S/C15H14F2N2O3S/c1-9-7-13(12(17)8-11(9)16)23(21,22)19-14(15(18)20)10-5-3-2-4-6-10/h2-8,14,19H,1H3,(H2,18,20). The Balaban J connectivity index is 2.44. The topological polar surface area (TPSA) is 89.3 Å². The van der Waals surface area contributed by atoms with Gasteiger partial charge in [0.15, 0.2) is 0 Å². The SMILES string of the molecule is Cc1cc(S(=O)(=O)NC(C(N)=O)c2ccccc2)c(F)cc1F. The Morgan fingerprint density at radius 2 is 1.74 bits per heavy atom. The molecule has 2 aromatic rings. The Bertz CT molecular complexity index is 839. The molecule has 0 bridgehead atoms. The predicted molar refractivity (Wildman–Crippen MR) is 79.8 cm³/mol. The van der Waals surface area contributed by atoms with E-state index in [2.05, 4.69) is 0 Å². The van der Waals surface area contributed by atoms with Gasteiger partial charge in [0.2, 0.25) is 15.9 Å². The first-order chi connectivity index (χ1) is 10.7. The number of nitrogens with two attached hydrogens (primary N) is 1. The summed E-state index contributed by atoms with van der Waals surface area (Å²) in [5, 5.41) is 0. The number of hydrogen-bond donors (Lipinski definition) is 2. The first kappa shape index (κ1) is 17.0. The fraction of sp³-hybridized carbons (Fsp3) is 0.133. The van der Waals surface area contributed by atoms with Crippen LogP contribution in [0.3, 0.4) is 0 Å². The van der Waals surface area contributed by atoms with Crippen LogP contribution in [0.4, 0.5) is 8.78 Å². The molecule has 0 saturated carbocycles. The van der Waals surface area contributed by atoms with Crippen LogP contribution >= 0.6 is 0 Å². The Morgan fingerprint density at radius 3 is 2.30 bits per heavy atom. The Kier molecular flexibility index (Phi) is 4.76. The van der Waals surface area contributed by atoms with E-state index >= 15 is 0 Å². The summed E-state index contributed by atoms with van der Waals surface area (Å²) in [6.45, 7) is 1.30. The van der Waals surface area contributed by atoms with Crippen molar-refractivity contribution < 1.29 is 22.0 Å². The monoisotopic (exact) mass is 340 g/mol. The van der Waals surface area contributed by atoms with Crippen molar-refractivity contribution in [2.24, 2.45) is 5.73 Å². The summed E-state index contributed by atoms with van der Waals surface area (Å²) >= 11 is 0. The van der Waals surface area contributed by atoms with E-state index in [4.69, 9.17) is 5.73 Å².